The number of benzene rings is 2. The molecule has 1 aliphatic heterocycles. The predicted octanol–water partition coefficient (Wildman–Crippen LogP) is 3.32. The Kier molecular flexibility index (Phi) is 3.52. The first kappa shape index (κ1) is 14.8. The largest absolute Gasteiger partial charge is 0.409 e. The highest BCUT2D eigenvalue weighted by molar-refractivity contribution is 5.87. The zero-order valence-electron chi connectivity index (χ0n) is 11.3. The van der Waals surface area contributed by atoms with Gasteiger partial charge in [0.25, 0.3) is 0 Å². The molecule has 1 atom stereocenters. The van der Waals surface area contributed by atoms with Gasteiger partial charge in [0.1, 0.15) is 5.82 Å². The fraction of sp³-hybridized carbons (Fsp3) is 0.267. The molecule has 3 nitrogen and oxygen atoms in total. The van der Waals surface area contributed by atoms with Gasteiger partial charge in [0.2, 0.25) is 5.91 Å². The maximum atomic E-state index is 13.8. The molecular weight excluding hydrogens is 300 g/mol. The number of halogens is 4. The number of amides is 1. The maximum Gasteiger partial charge on any atom is 0.409 e. The van der Waals surface area contributed by atoms with Crippen molar-refractivity contribution >= 4 is 16.7 Å². The average molecular weight is 312 g/mol. The van der Waals surface area contributed by atoms with Crippen molar-refractivity contribution in [3.05, 3.63) is 47.8 Å². The highest BCUT2D eigenvalue weighted by Gasteiger charge is 2.47. The molecule has 1 amide bonds. The Balaban J connectivity index is 2.17. The summed E-state index contributed by atoms with van der Waals surface area (Å²) in [7, 11) is 0. The Morgan fingerprint density at radius 2 is 1.77 bits per heavy atom. The van der Waals surface area contributed by atoms with Crippen LogP contribution in [0.25, 0.3) is 10.8 Å². The predicted molar refractivity (Wildman–Crippen MR) is 72.2 cm³/mol. The number of nitrogens with one attached hydrogen (secondary N) is 1. The summed E-state index contributed by atoms with van der Waals surface area (Å²) >= 11 is 0. The van der Waals surface area contributed by atoms with Crippen molar-refractivity contribution in [3.63, 3.8) is 0 Å². The van der Waals surface area contributed by atoms with Crippen molar-refractivity contribution in [2.75, 3.05) is 6.54 Å². The lowest BCUT2D eigenvalue weighted by molar-refractivity contribution is -0.190. The van der Waals surface area contributed by atoms with E-state index in [1.807, 2.05) is 0 Å². The van der Waals surface area contributed by atoms with Crippen molar-refractivity contribution in [2.24, 2.45) is 0 Å². The van der Waals surface area contributed by atoms with E-state index < -0.39 is 23.9 Å². The number of hydrazine groups is 1. The Morgan fingerprint density at radius 1 is 1.09 bits per heavy atom. The monoisotopic (exact) mass is 312 g/mol. The molecule has 0 aromatic heterocycles. The topological polar surface area (TPSA) is 32.3 Å². The van der Waals surface area contributed by atoms with Gasteiger partial charge in [-0.3, -0.25) is 10.2 Å². The Bertz CT molecular complexity index is 729. The Labute approximate surface area is 123 Å². The van der Waals surface area contributed by atoms with Crippen molar-refractivity contribution in [1.29, 1.82) is 0 Å². The first-order chi connectivity index (χ1) is 10.4. The standard InChI is InChI=1S/C15H12F4N2O/c16-12-6-5-11(9-3-1-2-4-10(9)12)14(15(17,18)19)21-8-7-13(22)20-21/h1-6,14H,7-8H2,(H,20,22). The second-order valence-electron chi connectivity index (χ2n) is 5.10. The first-order valence-electron chi connectivity index (χ1n) is 6.68. The van der Waals surface area contributed by atoms with E-state index in [4.69, 9.17) is 0 Å². The van der Waals surface area contributed by atoms with Crippen molar-refractivity contribution in [3.8, 4) is 0 Å². The molecule has 7 heteroatoms. The van der Waals surface area contributed by atoms with Gasteiger partial charge in [0.05, 0.1) is 0 Å². The molecule has 0 spiro atoms. The van der Waals surface area contributed by atoms with Crippen molar-refractivity contribution in [2.45, 2.75) is 18.6 Å². The third-order valence-corrected chi connectivity index (χ3v) is 3.67. The maximum absolute atomic E-state index is 13.8. The van der Waals surface area contributed by atoms with Crippen LogP contribution in [0.1, 0.15) is 18.0 Å². The smallest absolute Gasteiger partial charge is 0.288 e. The number of hydrogen-bond acceptors (Lipinski definition) is 2. The van der Waals surface area contributed by atoms with Crippen LogP contribution in [0.2, 0.25) is 0 Å². The summed E-state index contributed by atoms with van der Waals surface area (Å²) in [5.74, 6) is -1.04. The van der Waals surface area contributed by atoms with E-state index in [0.717, 1.165) is 17.1 Å². The van der Waals surface area contributed by atoms with E-state index in [1.54, 1.807) is 12.1 Å². The number of alkyl halides is 3. The molecule has 22 heavy (non-hydrogen) atoms. The van der Waals surface area contributed by atoms with Gasteiger partial charge in [-0.1, -0.05) is 30.3 Å². The molecule has 1 fully saturated rings. The summed E-state index contributed by atoms with van der Waals surface area (Å²) in [6, 6.07) is 6.14. The third-order valence-electron chi connectivity index (χ3n) is 3.67. The number of hydrogen-bond donors (Lipinski definition) is 1. The summed E-state index contributed by atoms with van der Waals surface area (Å²) in [6.45, 7) is -0.0469. The molecule has 1 heterocycles. The molecule has 1 aliphatic rings. The Hall–Kier alpha value is -2.15. The summed E-state index contributed by atoms with van der Waals surface area (Å²) < 4.78 is 54.4. The third kappa shape index (κ3) is 2.52. The lowest BCUT2D eigenvalue weighted by Gasteiger charge is -2.30. The lowest BCUT2D eigenvalue weighted by Crippen LogP contribution is -2.43. The van der Waals surface area contributed by atoms with Crippen molar-refractivity contribution in [1.82, 2.24) is 10.4 Å². The second-order valence-corrected chi connectivity index (χ2v) is 5.10. The van der Waals surface area contributed by atoms with Gasteiger partial charge in [-0.15, -0.1) is 0 Å². The fourth-order valence-electron chi connectivity index (χ4n) is 2.73. The minimum absolute atomic E-state index is 0.00566. The van der Waals surface area contributed by atoms with Crippen LogP contribution >= 0.6 is 0 Å². The van der Waals surface area contributed by atoms with Crippen LogP contribution in [0.5, 0.6) is 0 Å². The van der Waals surface area contributed by atoms with Gasteiger partial charge < -0.3 is 0 Å². The van der Waals surface area contributed by atoms with Gasteiger partial charge in [0.15, 0.2) is 6.04 Å². The Morgan fingerprint density at radius 3 is 2.36 bits per heavy atom. The molecule has 0 aliphatic carbocycles. The van der Waals surface area contributed by atoms with Gasteiger partial charge >= 0.3 is 6.18 Å². The quantitative estimate of drug-likeness (QED) is 0.863. The number of nitrogens with zero attached hydrogens (tertiary/aromatic N) is 1. The summed E-state index contributed by atoms with van der Waals surface area (Å²) in [4.78, 5) is 11.3. The summed E-state index contributed by atoms with van der Waals surface area (Å²) in [5, 5.41) is 1.17. The normalized spacial score (nSPS) is 17.7. The van der Waals surface area contributed by atoms with Crippen LogP contribution in [0, 0.1) is 5.82 Å². The fourth-order valence-corrected chi connectivity index (χ4v) is 2.73. The average Bonchev–Trinajstić information content (AvgIpc) is 2.87. The number of carbonyl (C=O) groups excluding carboxylic acids is 1. The molecule has 1 saturated heterocycles. The molecule has 1 unspecified atom stereocenters. The lowest BCUT2D eigenvalue weighted by atomic mass is 9.97. The zero-order chi connectivity index (χ0) is 15.9. The zero-order valence-corrected chi connectivity index (χ0v) is 11.3. The van der Waals surface area contributed by atoms with Crippen LogP contribution in [0.3, 0.4) is 0 Å². The van der Waals surface area contributed by atoms with Crippen LogP contribution in [0.15, 0.2) is 36.4 Å². The van der Waals surface area contributed by atoms with E-state index >= 15 is 0 Å². The van der Waals surface area contributed by atoms with Gasteiger partial charge in [-0.05, 0) is 17.0 Å². The van der Waals surface area contributed by atoms with Crippen LogP contribution in [-0.2, 0) is 4.79 Å². The van der Waals surface area contributed by atoms with Gasteiger partial charge in [-0.2, -0.15) is 13.2 Å². The van der Waals surface area contributed by atoms with E-state index in [0.29, 0.717) is 0 Å². The molecule has 3 rings (SSSR count). The molecule has 0 saturated carbocycles. The van der Waals surface area contributed by atoms with E-state index in [1.165, 1.54) is 12.1 Å². The van der Waals surface area contributed by atoms with E-state index in [2.05, 4.69) is 5.43 Å². The molecule has 116 valence electrons. The second kappa shape index (κ2) is 5.24. The van der Waals surface area contributed by atoms with Crippen LogP contribution in [-0.4, -0.2) is 23.6 Å². The van der Waals surface area contributed by atoms with Gasteiger partial charge in [-0.25, -0.2) is 9.40 Å². The summed E-state index contributed by atoms with van der Waals surface area (Å²) in [5.41, 5.74) is 2.14. The summed E-state index contributed by atoms with van der Waals surface area (Å²) in [6.07, 6.45) is -4.59. The molecular formula is C15H12F4N2O. The number of carbonyl (C=O) groups is 1. The van der Waals surface area contributed by atoms with Crippen molar-refractivity contribution < 1.29 is 22.4 Å². The highest BCUT2D eigenvalue weighted by atomic mass is 19.4. The van der Waals surface area contributed by atoms with Crippen LogP contribution < -0.4 is 5.43 Å². The molecule has 0 radical (unpaired) electrons. The minimum Gasteiger partial charge on any atom is -0.288 e. The van der Waals surface area contributed by atoms with Crippen LogP contribution in [0.4, 0.5) is 17.6 Å². The van der Waals surface area contributed by atoms with Gasteiger partial charge in [0, 0.05) is 18.4 Å². The molecule has 0 bridgehead atoms. The number of rotatable bonds is 2. The minimum atomic E-state index is -4.60. The highest BCUT2D eigenvalue weighted by Crippen LogP contribution is 2.41. The molecule has 1 N–H and O–H groups in total. The SMILES string of the molecule is O=C1CCN(C(c2ccc(F)c3ccccc23)C(F)(F)F)N1. The number of fused-ring (bicyclic) bond motifs is 1. The first-order valence-corrected chi connectivity index (χ1v) is 6.68. The molecule has 2 aromatic carbocycles. The van der Waals surface area contributed by atoms with E-state index in [-0.39, 0.29) is 29.3 Å². The van der Waals surface area contributed by atoms with E-state index in [9.17, 15) is 22.4 Å². The molecule has 2 aromatic rings.